The molecule has 4 nitrogen and oxygen atoms in total. The van der Waals surface area contributed by atoms with Crippen LogP contribution < -0.4 is 5.73 Å². The molecule has 0 bridgehead atoms. The van der Waals surface area contributed by atoms with Crippen molar-refractivity contribution in [2.75, 3.05) is 20.2 Å². The smallest absolute Gasteiger partial charge is 0.239 e. The number of nitrogens with zero attached hydrogens (tertiary/aromatic N) is 1. The third kappa shape index (κ3) is 3.97. The molecule has 5 heteroatoms. The SMILES string of the molecule is CC[C@H](N)C(=O)N1CCC(OC)CC1.Cl. The quantitative estimate of drug-likeness (QED) is 0.788. The average molecular weight is 237 g/mol. The molecule has 1 atom stereocenters. The number of nitrogens with two attached hydrogens (primary N) is 1. The van der Waals surface area contributed by atoms with Gasteiger partial charge in [0.15, 0.2) is 0 Å². The van der Waals surface area contributed by atoms with Gasteiger partial charge in [0, 0.05) is 20.2 Å². The summed E-state index contributed by atoms with van der Waals surface area (Å²) in [6.45, 7) is 3.50. The molecule has 1 saturated heterocycles. The second-order valence-electron chi connectivity index (χ2n) is 3.78. The van der Waals surface area contributed by atoms with Gasteiger partial charge in [0.25, 0.3) is 0 Å². The van der Waals surface area contributed by atoms with Gasteiger partial charge in [-0.25, -0.2) is 0 Å². The highest BCUT2D eigenvalue weighted by atomic mass is 35.5. The van der Waals surface area contributed by atoms with Gasteiger partial charge in [0.05, 0.1) is 12.1 Å². The maximum absolute atomic E-state index is 11.7. The van der Waals surface area contributed by atoms with Crippen LogP contribution >= 0.6 is 12.4 Å². The van der Waals surface area contributed by atoms with Crippen molar-refractivity contribution in [3.63, 3.8) is 0 Å². The molecule has 0 aromatic carbocycles. The number of hydrogen-bond donors (Lipinski definition) is 1. The molecule has 0 aliphatic carbocycles. The van der Waals surface area contributed by atoms with E-state index >= 15 is 0 Å². The number of methoxy groups -OCH3 is 1. The van der Waals surface area contributed by atoms with Crippen molar-refractivity contribution in [2.24, 2.45) is 5.73 Å². The molecule has 15 heavy (non-hydrogen) atoms. The van der Waals surface area contributed by atoms with Crippen molar-refractivity contribution in [3.05, 3.63) is 0 Å². The van der Waals surface area contributed by atoms with Crippen LogP contribution in [-0.2, 0) is 9.53 Å². The molecule has 0 spiro atoms. The van der Waals surface area contributed by atoms with Crippen molar-refractivity contribution in [1.29, 1.82) is 0 Å². The summed E-state index contributed by atoms with van der Waals surface area (Å²) in [5, 5.41) is 0. The van der Waals surface area contributed by atoms with Crippen LogP contribution in [0.5, 0.6) is 0 Å². The minimum atomic E-state index is -0.325. The van der Waals surface area contributed by atoms with E-state index in [9.17, 15) is 4.79 Å². The van der Waals surface area contributed by atoms with Gasteiger partial charge in [-0.1, -0.05) is 6.92 Å². The van der Waals surface area contributed by atoms with Crippen molar-refractivity contribution < 1.29 is 9.53 Å². The number of amides is 1. The Labute approximate surface area is 97.5 Å². The largest absolute Gasteiger partial charge is 0.381 e. The molecule has 90 valence electrons. The Morgan fingerprint density at radius 1 is 1.53 bits per heavy atom. The molecule has 0 aromatic heterocycles. The lowest BCUT2D eigenvalue weighted by atomic mass is 10.1. The Morgan fingerprint density at radius 3 is 2.47 bits per heavy atom. The Hall–Kier alpha value is -0.320. The number of piperidine rings is 1. The van der Waals surface area contributed by atoms with Crippen LogP contribution in [0.1, 0.15) is 26.2 Å². The molecule has 0 radical (unpaired) electrons. The number of carbonyl (C=O) groups excluding carboxylic acids is 1. The van der Waals surface area contributed by atoms with Gasteiger partial charge in [0.2, 0.25) is 5.91 Å². The standard InChI is InChI=1S/C10H20N2O2.ClH/c1-3-9(11)10(13)12-6-4-8(14-2)5-7-12;/h8-9H,3-7,11H2,1-2H3;1H/t9-;/m0./s1. The second-order valence-corrected chi connectivity index (χ2v) is 3.78. The lowest BCUT2D eigenvalue weighted by Gasteiger charge is -2.32. The third-order valence-electron chi connectivity index (χ3n) is 2.84. The molecule has 0 aromatic rings. The van der Waals surface area contributed by atoms with E-state index in [2.05, 4.69) is 0 Å². The lowest BCUT2D eigenvalue weighted by molar-refractivity contribution is -0.134. The number of hydrogen-bond acceptors (Lipinski definition) is 3. The Bertz CT molecular complexity index is 194. The third-order valence-corrected chi connectivity index (χ3v) is 2.84. The molecular weight excluding hydrogens is 216 g/mol. The van der Waals surface area contributed by atoms with E-state index in [0.29, 0.717) is 12.5 Å². The van der Waals surface area contributed by atoms with Gasteiger partial charge in [-0.2, -0.15) is 0 Å². The van der Waals surface area contributed by atoms with Gasteiger partial charge in [0.1, 0.15) is 0 Å². The fraction of sp³-hybridized carbons (Fsp3) is 0.900. The van der Waals surface area contributed by atoms with Crippen LogP contribution in [0.25, 0.3) is 0 Å². The summed E-state index contributed by atoms with van der Waals surface area (Å²) in [6, 6.07) is -0.325. The summed E-state index contributed by atoms with van der Waals surface area (Å²) in [6.07, 6.45) is 2.89. The van der Waals surface area contributed by atoms with Crippen LogP contribution in [0.4, 0.5) is 0 Å². The minimum absolute atomic E-state index is 0. The van der Waals surface area contributed by atoms with E-state index in [4.69, 9.17) is 10.5 Å². The predicted molar refractivity (Wildman–Crippen MR) is 62.1 cm³/mol. The Balaban J connectivity index is 0.00000196. The highest BCUT2D eigenvalue weighted by molar-refractivity contribution is 5.85. The summed E-state index contributed by atoms with van der Waals surface area (Å²) in [5.41, 5.74) is 5.69. The van der Waals surface area contributed by atoms with Crippen molar-refractivity contribution in [2.45, 2.75) is 38.3 Å². The van der Waals surface area contributed by atoms with E-state index in [1.807, 2.05) is 11.8 Å². The first-order chi connectivity index (χ1) is 6.69. The first-order valence-corrected chi connectivity index (χ1v) is 5.26. The van der Waals surface area contributed by atoms with Gasteiger partial charge in [-0.3, -0.25) is 4.79 Å². The van der Waals surface area contributed by atoms with Gasteiger partial charge in [-0.15, -0.1) is 12.4 Å². The van der Waals surface area contributed by atoms with Crippen LogP contribution in [0, 0.1) is 0 Å². The fourth-order valence-electron chi connectivity index (χ4n) is 1.72. The van der Waals surface area contributed by atoms with Crippen molar-refractivity contribution in [1.82, 2.24) is 4.90 Å². The maximum Gasteiger partial charge on any atom is 0.239 e. The van der Waals surface area contributed by atoms with E-state index in [0.717, 1.165) is 25.9 Å². The Kier molecular flexibility index (Phi) is 6.89. The normalized spacial score (nSPS) is 19.5. The number of halogens is 1. The number of likely N-dealkylation sites (tertiary alicyclic amines) is 1. The highest BCUT2D eigenvalue weighted by Crippen LogP contribution is 2.13. The molecule has 1 aliphatic rings. The molecule has 1 fully saturated rings. The van der Waals surface area contributed by atoms with Crippen LogP contribution in [0.15, 0.2) is 0 Å². The van der Waals surface area contributed by atoms with E-state index in [1.54, 1.807) is 7.11 Å². The predicted octanol–water partition coefficient (Wildman–Crippen LogP) is 0.783. The van der Waals surface area contributed by atoms with Gasteiger partial charge < -0.3 is 15.4 Å². The molecule has 1 amide bonds. The number of ether oxygens (including phenoxy) is 1. The zero-order valence-corrected chi connectivity index (χ0v) is 10.3. The zero-order valence-electron chi connectivity index (χ0n) is 9.44. The summed E-state index contributed by atoms with van der Waals surface area (Å²) in [7, 11) is 1.72. The number of carbonyl (C=O) groups is 1. The molecule has 0 saturated carbocycles. The molecule has 1 heterocycles. The van der Waals surface area contributed by atoms with Crippen molar-refractivity contribution in [3.8, 4) is 0 Å². The van der Waals surface area contributed by atoms with Gasteiger partial charge >= 0.3 is 0 Å². The zero-order chi connectivity index (χ0) is 10.6. The van der Waals surface area contributed by atoms with Crippen LogP contribution in [0.2, 0.25) is 0 Å². The van der Waals surface area contributed by atoms with Crippen LogP contribution in [-0.4, -0.2) is 43.2 Å². The molecule has 1 aliphatic heterocycles. The summed E-state index contributed by atoms with van der Waals surface area (Å²) in [5.74, 6) is 0.0852. The highest BCUT2D eigenvalue weighted by Gasteiger charge is 2.25. The van der Waals surface area contributed by atoms with E-state index in [-0.39, 0.29) is 24.4 Å². The second kappa shape index (κ2) is 7.04. The first kappa shape index (κ1) is 14.7. The minimum Gasteiger partial charge on any atom is -0.381 e. The van der Waals surface area contributed by atoms with E-state index in [1.165, 1.54) is 0 Å². The molecule has 1 rings (SSSR count). The fourth-order valence-corrected chi connectivity index (χ4v) is 1.72. The van der Waals surface area contributed by atoms with E-state index < -0.39 is 0 Å². The Morgan fingerprint density at radius 2 is 2.07 bits per heavy atom. The van der Waals surface area contributed by atoms with Gasteiger partial charge in [-0.05, 0) is 19.3 Å². The van der Waals surface area contributed by atoms with Crippen LogP contribution in [0.3, 0.4) is 0 Å². The summed E-state index contributed by atoms with van der Waals surface area (Å²) < 4.78 is 5.24. The molecular formula is C10H21ClN2O2. The first-order valence-electron chi connectivity index (χ1n) is 5.26. The monoisotopic (exact) mass is 236 g/mol. The van der Waals surface area contributed by atoms with Crippen molar-refractivity contribution >= 4 is 18.3 Å². The molecule has 2 N–H and O–H groups in total. The average Bonchev–Trinajstić information content (AvgIpc) is 2.27. The lowest BCUT2D eigenvalue weighted by Crippen LogP contribution is -2.47. The maximum atomic E-state index is 11.7. The number of rotatable bonds is 3. The summed E-state index contributed by atoms with van der Waals surface area (Å²) in [4.78, 5) is 13.5. The topological polar surface area (TPSA) is 55.6 Å². The molecule has 0 unspecified atom stereocenters. The summed E-state index contributed by atoms with van der Waals surface area (Å²) >= 11 is 0.